The maximum Gasteiger partial charge on any atom is 0.220 e. The first-order valence-corrected chi connectivity index (χ1v) is 6.91. The summed E-state index contributed by atoms with van der Waals surface area (Å²) in [6.45, 7) is 1.28. The van der Waals surface area contributed by atoms with Crippen molar-refractivity contribution >= 4 is 5.91 Å². The molecule has 0 aliphatic carbocycles. The Bertz CT molecular complexity index is 380. The lowest BCUT2D eigenvalue weighted by Crippen LogP contribution is -2.22. The van der Waals surface area contributed by atoms with Gasteiger partial charge in [-0.3, -0.25) is 4.79 Å². The van der Waals surface area contributed by atoms with Crippen molar-refractivity contribution in [3.05, 3.63) is 35.4 Å². The molecule has 0 bridgehead atoms. The van der Waals surface area contributed by atoms with Crippen LogP contribution in [-0.2, 0) is 17.9 Å². The van der Waals surface area contributed by atoms with Gasteiger partial charge in [0.1, 0.15) is 0 Å². The number of aliphatic hydroxyl groups excluding tert-OH is 1. The number of nitrogens with one attached hydrogen (secondary N) is 1. The number of hydrogen-bond acceptors (Lipinski definition) is 3. The van der Waals surface area contributed by atoms with Gasteiger partial charge in [-0.1, -0.05) is 37.1 Å². The molecule has 4 nitrogen and oxygen atoms in total. The predicted molar refractivity (Wildman–Crippen MR) is 76.4 cm³/mol. The summed E-state index contributed by atoms with van der Waals surface area (Å²) >= 11 is 0. The summed E-state index contributed by atoms with van der Waals surface area (Å²) in [5.41, 5.74) is 7.29. The molecule has 0 atom stereocenters. The molecule has 1 aromatic rings. The summed E-state index contributed by atoms with van der Waals surface area (Å²) in [6.07, 6.45) is 4.69. The molecule has 0 heterocycles. The van der Waals surface area contributed by atoms with Gasteiger partial charge in [-0.2, -0.15) is 0 Å². The summed E-state index contributed by atoms with van der Waals surface area (Å²) in [6, 6.07) is 7.60. The average molecular weight is 264 g/mol. The van der Waals surface area contributed by atoms with E-state index in [2.05, 4.69) is 5.32 Å². The van der Waals surface area contributed by atoms with Gasteiger partial charge in [-0.05, 0) is 30.5 Å². The lowest BCUT2D eigenvalue weighted by atomic mass is 10.1. The fourth-order valence-corrected chi connectivity index (χ4v) is 1.91. The Labute approximate surface area is 115 Å². The van der Waals surface area contributed by atoms with Gasteiger partial charge < -0.3 is 16.2 Å². The molecule has 4 N–H and O–H groups in total. The van der Waals surface area contributed by atoms with E-state index in [1.54, 1.807) is 0 Å². The Morgan fingerprint density at radius 1 is 1.16 bits per heavy atom. The Morgan fingerprint density at radius 3 is 2.63 bits per heavy atom. The molecule has 0 aliphatic rings. The number of rotatable bonds is 9. The van der Waals surface area contributed by atoms with Crippen LogP contribution in [0.25, 0.3) is 0 Å². The van der Waals surface area contributed by atoms with E-state index in [1.807, 2.05) is 24.3 Å². The van der Waals surface area contributed by atoms with Crippen LogP contribution in [0, 0.1) is 0 Å². The zero-order chi connectivity index (χ0) is 13.9. The first-order valence-electron chi connectivity index (χ1n) is 6.91. The smallest absolute Gasteiger partial charge is 0.220 e. The lowest BCUT2D eigenvalue weighted by Gasteiger charge is -2.06. The summed E-state index contributed by atoms with van der Waals surface area (Å²) in [7, 11) is 0. The lowest BCUT2D eigenvalue weighted by molar-refractivity contribution is -0.121. The van der Waals surface area contributed by atoms with Crippen LogP contribution in [0.2, 0.25) is 0 Å². The van der Waals surface area contributed by atoms with Crippen molar-refractivity contribution in [3.8, 4) is 0 Å². The molecule has 0 aromatic heterocycles. The quantitative estimate of drug-likeness (QED) is 0.594. The van der Waals surface area contributed by atoms with Gasteiger partial charge in [-0.25, -0.2) is 0 Å². The summed E-state index contributed by atoms with van der Waals surface area (Å²) in [5, 5.41) is 11.9. The van der Waals surface area contributed by atoms with Crippen molar-refractivity contribution < 1.29 is 9.90 Å². The van der Waals surface area contributed by atoms with Crippen molar-refractivity contribution in [2.75, 3.05) is 6.54 Å². The number of unbranched alkanes of at least 4 members (excludes halogenated alkanes) is 3. The standard InChI is InChI=1S/C15H24N2O2/c16-9-4-2-1-3-8-15(19)17-11-13-6-5-7-14(10-13)12-18/h5-7,10,18H,1-4,8-9,11-12,16H2,(H,17,19). The number of hydrogen-bond donors (Lipinski definition) is 3. The Hall–Kier alpha value is -1.39. The molecular weight excluding hydrogens is 240 g/mol. The molecular formula is C15H24N2O2. The highest BCUT2D eigenvalue weighted by molar-refractivity contribution is 5.75. The monoisotopic (exact) mass is 264 g/mol. The minimum atomic E-state index is 0.0307. The van der Waals surface area contributed by atoms with Crippen molar-refractivity contribution in [1.29, 1.82) is 0 Å². The third-order valence-electron chi connectivity index (χ3n) is 3.02. The number of amides is 1. The molecule has 0 radical (unpaired) electrons. The predicted octanol–water partition coefficient (Wildman–Crippen LogP) is 1.70. The first kappa shape index (κ1) is 15.7. The summed E-state index contributed by atoms with van der Waals surface area (Å²) < 4.78 is 0. The molecule has 1 rings (SSSR count). The van der Waals surface area contributed by atoms with Gasteiger partial charge in [0.15, 0.2) is 0 Å². The van der Waals surface area contributed by atoms with Crippen LogP contribution in [0.1, 0.15) is 43.2 Å². The van der Waals surface area contributed by atoms with Gasteiger partial charge in [0.25, 0.3) is 0 Å². The highest BCUT2D eigenvalue weighted by Gasteiger charge is 2.01. The zero-order valence-electron chi connectivity index (χ0n) is 11.4. The van der Waals surface area contributed by atoms with Crippen LogP contribution in [0.15, 0.2) is 24.3 Å². The Morgan fingerprint density at radius 2 is 1.89 bits per heavy atom. The molecule has 4 heteroatoms. The van der Waals surface area contributed by atoms with Crippen LogP contribution < -0.4 is 11.1 Å². The molecule has 1 amide bonds. The van der Waals surface area contributed by atoms with Gasteiger partial charge in [0.05, 0.1) is 6.61 Å². The van der Waals surface area contributed by atoms with Crippen molar-refractivity contribution in [3.63, 3.8) is 0 Å². The summed E-state index contributed by atoms with van der Waals surface area (Å²) in [4.78, 5) is 11.6. The Kier molecular flexibility index (Phi) is 7.86. The van der Waals surface area contributed by atoms with E-state index >= 15 is 0 Å². The van der Waals surface area contributed by atoms with Crippen LogP contribution in [-0.4, -0.2) is 17.6 Å². The van der Waals surface area contributed by atoms with Gasteiger partial charge >= 0.3 is 0 Å². The highest BCUT2D eigenvalue weighted by atomic mass is 16.3. The number of aliphatic hydroxyl groups is 1. The number of carbonyl (C=O) groups is 1. The molecule has 0 saturated carbocycles. The van der Waals surface area contributed by atoms with E-state index in [4.69, 9.17) is 10.8 Å². The third-order valence-corrected chi connectivity index (χ3v) is 3.02. The average Bonchev–Trinajstić information content (AvgIpc) is 2.45. The van der Waals surface area contributed by atoms with Crippen molar-refractivity contribution in [1.82, 2.24) is 5.32 Å². The van der Waals surface area contributed by atoms with E-state index in [0.29, 0.717) is 13.0 Å². The van der Waals surface area contributed by atoms with Gasteiger partial charge in [0, 0.05) is 13.0 Å². The fraction of sp³-hybridized carbons (Fsp3) is 0.533. The Balaban J connectivity index is 2.18. The van der Waals surface area contributed by atoms with Gasteiger partial charge in [-0.15, -0.1) is 0 Å². The minimum absolute atomic E-state index is 0.0307. The van der Waals surface area contributed by atoms with E-state index in [0.717, 1.165) is 43.4 Å². The SMILES string of the molecule is NCCCCCCC(=O)NCc1cccc(CO)c1. The largest absolute Gasteiger partial charge is 0.392 e. The maximum absolute atomic E-state index is 11.6. The zero-order valence-corrected chi connectivity index (χ0v) is 11.4. The molecule has 106 valence electrons. The van der Waals surface area contributed by atoms with Crippen LogP contribution in [0.5, 0.6) is 0 Å². The molecule has 0 unspecified atom stereocenters. The summed E-state index contributed by atoms with van der Waals surface area (Å²) in [5.74, 6) is 0.0853. The fourth-order valence-electron chi connectivity index (χ4n) is 1.91. The van der Waals surface area contributed by atoms with E-state index < -0.39 is 0 Å². The molecule has 0 saturated heterocycles. The molecule has 0 fully saturated rings. The highest BCUT2D eigenvalue weighted by Crippen LogP contribution is 2.06. The van der Waals surface area contributed by atoms with E-state index in [9.17, 15) is 4.79 Å². The minimum Gasteiger partial charge on any atom is -0.392 e. The van der Waals surface area contributed by atoms with E-state index in [-0.39, 0.29) is 12.5 Å². The normalized spacial score (nSPS) is 10.4. The van der Waals surface area contributed by atoms with Crippen LogP contribution >= 0.6 is 0 Å². The topological polar surface area (TPSA) is 75.4 Å². The van der Waals surface area contributed by atoms with Gasteiger partial charge in [0.2, 0.25) is 5.91 Å². The maximum atomic E-state index is 11.6. The van der Waals surface area contributed by atoms with Crippen molar-refractivity contribution in [2.24, 2.45) is 5.73 Å². The number of carbonyl (C=O) groups excluding carboxylic acids is 1. The molecule has 1 aromatic carbocycles. The van der Waals surface area contributed by atoms with Crippen LogP contribution in [0.4, 0.5) is 0 Å². The number of nitrogens with two attached hydrogens (primary N) is 1. The second-order valence-electron chi connectivity index (χ2n) is 4.71. The molecule has 0 aliphatic heterocycles. The second kappa shape index (κ2) is 9.53. The third kappa shape index (κ3) is 6.94. The number of benzene rings is 1. The second-order valence-corrected chi connectivity index (χ2v) is 4.71. The first-order chi connectivity index (χ1) is 9.26. The molecule has 19 heavy (non-hydrogen) atoms. The van der Waals surface area contributed by atoms with Crippen molar-refractivity contribution in [2.45, 2.75) is 45.3 Å². The molecule has 0 spiro atoms. The van der Waals surface area contributed by atoms with Crippen LogP contribution in [0.3, 0.4) is 0 Å². The van der Waals surface area contributed by atoms with E-state index in [1.165, 1.54) is 0 Å².